The molecule has 1 heterocycles. The molecular formula is C27H33NO3. The van der Waals surface area contributed by atoms with Crippen molar-refractivity contribution < 1.29 is 14.6 Å². The van der Waals surface area contributed by atoms with Crippen LogP contribution in [0.2, 0.25) is 0 Å². The molecule has 0 spiro atoms. The van der Waals surface area contributed by atoms with Crippen LogP contribution in [0.4, 0.5) is 0 Å². The second-order valence-corrected chi connectivity index (χ2v) is 10.2. The molecule has 0 aromatic heterocycles. The van der Waals surface area contributed by atoms with E-state index in [1.165, 1.54) is 5.56 Å². The zero-order valence-corrected chi connectivity index (χ0v) is 19.6. The first kappa shape index (κ1) is 22.9. The Hall–Kier alpha value is -2.77. The highest BCUT2D eigenvalue weighted by Crippen LogP contribution is 2.46. The van der Waals surface area contributed by atoms with Crippen LogP contribution in [0.15, 0.2) is 36.4 Å². The first-order chi connectivity index (χ1) is 14.4. The van der Waals surface area contributed by atoms with E-state index in [1.54, 1.807) is 13.8 Å². The van der Waals surface area contributed by atoms with Crippen molar-refractivity contribution >= 4 is 5.97 Å². The SMILES string of the molecule is CNCc1cc(C#Cc2ccc(C(C)(C)C(=O)O)cc2)cc2c1OC(C)(C)CC2(C)C. The van der Waals surface area contributed by atoms with Gasteiger partial charge in [-0.25, -0.2) is 0 Å². The van der Waals surface area contributed by atoms with Gasteiger partial charge in [-0.1, -0.05) is 37.8 Å². The molecule has 0 aliphatic carbocycles. The van der Waals surface area contributed by atoms with Gasteiger partial charge in [-0.2, -0.15) is 0 Å². The predicted octanol–water partition coefficient (Wildman–Crippen LogP) is 5.01. The maximum absolute atomic E-state index is 11.5. The predicted molar refractivity (Wildman–Crippen MR) is 125 cm³/mol. The minimum Gasteiger partial charge on any atom is -0.487 e. The first-order valence-corrected chi connectivity index (χ1v) is 10.7. The van der Waals surface area contributed by atoms with Crippen LogP contribution in [0.25, 0.3) is 0 Å². The van der Waals surface area contributed by atoms with Crippen LogP contribution in [0, 0.1) is 11.8 Å². The lowest BCUT2D eigenvalue weighted by Crippen LogP contribution is -2.42. The molecule has 4 heteroatoms. The standard InChI is InChI=1S/C27H33NO3/c1-25(2)17-26(3,4)31-23-20(16-28-7)14-19(15-22(23)25)9-8-18-10-12-21(13-11-18)27(5,6)24(29)30/h10-15,28H,16-17H2,1-7H3,(H,29,30). The number of aliphatic carboxylic acids is 1. The average Bonchev–Trinajstić information content (AvgIpc) is 2.66. The van der Waals surface area contributed by atoms with Crippen molar-refractivity contribution in [3.05, 3.63) is 64.2 Å². The second-order valence-electron chi connectivity index (χ2n) is 10.2. The molecule has 0 saturated heterocycles. The second kappa shape index (κ2) is 8.05. The summed E-state index contributed by atoms with van der Waals surface area (Å²) in [6.45, 7) is 12.9. The highest BCUT2D eigenvalue weighted by molar-refractivity contribution is 5.80. The molecule has 0 bridgehead atoms. The van der Waals surface area contributed by atoms with E-state index in [1.807, 2.05) is 31.3 Å². The molecule has 1 aliphatic rings. The normalized spacial score (nSPS) is 16.5. The minimum absolute atomic E-state index is 0.0126. The summed E-state index contributed by atoms with van der Waals surface area (Å²) in [5.41, 5.74) is 3.73. The molecule has 2 aromatic rings. The number of ether oxygens (including phenoxy) is 1. The Morgan fingerprint density at radius 1 is 1.10 bits per heavy atom. The monoisotopic (exact) mass is 419 g/mol. The average molecular weight is 420 g/mol. The van der Waals surface area contributed by atoms with Crippen molar-refractivity contribution in [3.8, 4) is 17.6 Å². The lowest BCUT2D eigenvalue weighted by Gasteiger charge is -2.43. The zero-order valence-electron chi connectivity index (χ0n) is 19.6. The minimum atomic E-state index is -0.925. The summed E-state index contributed by atoms with van der Waals surface area (Å²) in [5.74, 6) is 6.66. The van der Waals surface area contributed by atoms with E-state index in [2.05, 4.69) is 57.0 Å². The third-order valence-corrected chi connectivity index (χ3v) is 6.00. The Morgan fingerprint density at radius 3 is 2.29 bits per heavy atom. The van der Waals surface area contributed by atoms with Gasteiger partial charge < -0.3 is 15.2 Å². The number of fused-ring (bicyclic) bond motifs is 1. The molecular weight excluding hydrogens is 386 g/mol. The third-order valence-electron chi connectivity index (χ3n) is 6.00. The molecule has 0 unspecified atom stereocenters. The van der Waals surface area contributed by atoms with E-state index in [0.717, 1.165) is 34.4 Å². The summed E-state index contributed by atoms with van der Waals surface area (Å²) in [6, 6.07) is 11.7. The fraction of sp³-hybridized carbons (Fsp3) is 0.444. The number of carboxylic acid groups (broad SMARTS) is 1. The molecule has 2 aromatic carbocycles. The van der Waals surface area contributed by atoms with Crippen molar-refractivity contribution in [2.75, 3.05) is 7.05 Å². The number of benzene rings is 2. The van der Waals surface area contributed by atoms with Crippen LogP contribution >= 0.6 is 0 Å². The van der Waals surface area contributed by atoms with Crippen LogP contribution in [-0.4, -0.2) is 23.7 Å². The number of carboxylic acids is 1. The van der Waals surface area contributed by atoms with Gasteiger partial charge in [-0.3, -0.25) is 4.79 Å². The largest absolute Gasteiger partial charge is 0.487 e. The summed E-state index contributed by atoms with van der Waals surface area (Å²) >= 11 is 0. The highest BCUT2D eigenvalue weighted by atomic mass is 16.5. The topological polar surface area (TPSA) is 58.6 Å². The molecule has 164 valence electrons. The zero-order chi connectivity index (χ0) is 23.0. The fourth-order valence-electron chi connectivity index (χ4n) is 4.42. The Bertz CT molecular complexity index is 1050. The summed E-state index contributed by atoms with van der Waals surface area (Å²) in [6.07, 6.45) is 0.934. The van der Waals surface area contributed by atoms with Gasteiger partial charge in [0.15, 0.2) is 0 Å². The van der Waals surface area contributed by atoms with E-state index >= 15 is 0 Å². The van der Waals surface area contributed by atoms with E-state index in [9.17, 15) is 9.90 Å². The Kier molecular flexibility index (Phi) is 5.95. The van der Waals surface area contributed by atoms with Gasteiger partial charge in [-0.15, -0.1) is 0 Å². The molecule has 0 saturated carbocycles. The van der Waals surface area contributed by atoms with Gasteiger partial charge in [-0.05, 0) is 76.4 Å². The molecule has 2 N–H and O–H groups in total. The molecule has 4 nitrogen and oxygen atoms in total. The Labute approximate surface area is 186 Å². The summed E-state index contributed by atoms with van der Waals surface area (Å²) in [7, 11) is 1.93. The van der Waals surface area contributed by atoms with Crippen LogP contribution in [0.5, 0.6) is 5.75 Å². The summed E-state index contributed by atoms with van der Waals surface area (Å²) in [4.78, 5) is 11.5. The van der Waals surface area contributed by atoms with Crippen molar-refractivity contribution in [1.29, 1.82) is 0 Å². The lowest BCUT2D eigenvalue weighted by molar-refractivity contribution is -0.142. The van der Waals surface area contributed by atoms with Crippen molar-refractivity contribution in [2.24, 2.45) is 0 Å². The molecule has 3 rings (SSSR count). The number of carbonyl (C=O) groups is 1. The molecule has 0 atom stereocenters. The Balaban J connectivity index is 1.98. The summed E-state index contributed by atoms with van der Waals surface area (Å²) < 4.78 is 6.38. The van der Waals surface area contributed by atoms with Gasteiger partial charge in [0.1, 0.15) is 11.4 Å². The van der Waals surface area contributed by atoms with Crippen LogP contribution < -0.4 is 10.1 Å². The molecule has 0 amide bonds. The van der Waals surface area contributed by atoms with Gasteiger partial charge in [0.25, 0.3) is 0 Å². The lowest BCUT2D eigenvalue weighted by atomic mass is 9.72. The number of nitrogens with one attached hydrogen (secondary N) is 1. The van der Waals surface area contributed by atoms with E-state index < -0.39 is 11.4 Å². The number of hydrogen-bond acceptors (Lipinski definition) is 3. The number of hydrogen-bond donors (Lipinski definition) is 2. The Morgan fingerprint density at radius 2 is 1.71 bits per heavy atom. The summed E-state index contributed by atoms with van der Waals surface area (Å²) in [5, 5.41) is 12.7. The first-order valence-electron chi connectivity index (χ1n) is 10.7. The van der Waals surface area contributed by atoms with Gasteiger partial charge in [0.05, 0.1) is 5.41 Å². The maximum Gasteiger partial charge on any atom is 0.313 e. The van der Waals surface area contributed by atoms with Crippen LogP contribution in [0.1, 0.15) is 75.8 Å². The molecule has 0 fully saturated rings. The maximum atomic E-state index is 11.5. The van der Waals surface area contributed by atoms with E-state index in [0.29, 0.717) is 6.54 Å². The smallest absolute Gasteiger partial charge is 0.313 e. The number of rotatable bonds is 4. The fourth-order valence-corrected chi connectivity index (χ4v) is 4.42. The van der Waals surface area contributed by atoms with Gasteiger partial charge in [0.2, 0.25) is 0 Å². The molecule has 31 heavy (non-hydrogen) atoms. The van der Waals surface area contributed by atoms with Gasteiger partial charge in [0, 0.05) is 28.8 Å². The van der Waals surface area contributed by atoms with E-state index in [-0.39, 0.29) is 11.0 Å². The van der Waals surface area contributed by atoms with Gasteiger partial charge >= 0.3 is 5.97 Å². The van der Waals surface area contributed by atoms with E-state index in [4.69, 9.17) is 4.74 Å². The van der Waals surface area contributed by atoms with Crippen molar-refractivity contribution in [3.63, 3.8) is 0 Å². The third kappa shape index (κ3) is 4.78. The molecule has 1 aliphatic heterocycles. The molecule has 0 radical (unpaired) electrons. The van der Waals surface area contributed by atoms with Crippen molar-refractivity contribution in [1.82, 2.24) is 5.32 Å². The van der Waals surface area contributed by atoms with Crippen LogP contribution in [-0.2, 0) is 22.2 Å². The quantitative estimate of drug-likeness (QED) is 0.684. The van der Waals surface area contributed by atoms with Crippen molar-refractivity contribution in [2.45, 2.75) is 70.9 Å². The highest BCUT2D eigenvalue weighted by Gasteiger charge is 2.40. The van der Waals surface area contributed by atoms with Crippen LogP contribution in [0.3, 0.4) is 0 Å².